The number of ether oxygens (including phenoxy) is 2. The highest BCUT2D eigenvalue weighted by Gasteiger charge is 2.08. The average molecular weight is 225 g/mol. The minimum Gasteiger partial charge on any atom is -0.494 e. The van der Waals surface area contributed by atoms with Crippen molar-refractivity contribution < 1.29 is 14.6 Å². The fourth-order valence-corrected chi connectivity index (χ4v) is 1.41. The predicted molar refractivity (Wildman–Crippen MR) is 62.8 cm³/mol. The summed E-state index contributed by atoms with van der Waals surface area (Å²) in [6.45, 7) is 4.91. The molecule has 90 valence electrons. The van der Waals surface area contributed by atoms with E-state index >= 15 is 0 Å². The molecule has 0 aliphatic rings. The third kappa shape index (κ3) is 3.40. The van der Waals surface area contributed by atoms with Gasteiger partial charge in [-0.05, 0) is 31.5 Å². The summed E-state index contributed by atoms with van der Waals surface area (Å²) >= 11 is 0. The Balaban J connectivity index is 2.97. The van der Waals surface area contributed by atoms with Crippen molar-refractivity contribution in [3.05, 3.63) is 23.8 Å². The predicted octanol–water partition coefficient (Wildman–Crippen LogP) is 1.48. The number of hydrogen-bond acceptors (Lipinski definition) is 4. The van der Waals surface area contributed by atoms with Crippen LogP contribution in [0.2, 0.25) is 0 Å². The molecule has 1 aromatic rings. The van der Waals surface area contributed by atoms with Crippen LogP contribution in [0.5, 0.6) is 11.5 Å². The van der Waals surface area contributed by atoms with Crippen molar-refractivity contribution in [1.82, 2.24) is 0 Å². The third-order valence-electron chi connectivity index (χ3n) is 2.15. The molecule has 1 aromatic carbocycles. The molecular formula is C12H19NO3. The molecule has 0 aromatic heterocycles. The highest BCUT2D eigenvalue weighted by molar-refractivity contribution is 5.39. The molecule has 1 rings (SSSR count). The van der Waals surface area contributed by atoms with Gasteiger partial charge in [-0.1, -0.05) is 0 Å². The zero-order chi connectivity index (χ0) is 12.0. The molecule has 1 atom stereocenters. The summed E-state index contributed by atoms with van der Waals surface area (Å²) in [7, 11) is 0. The number of nitrogens with two attached hydrogens (primary N) is 1. The first kappa shape index (κ1) is 12.8. The van der Waals surface area contributed by atoms with Crippen LogP contribution in [0.15, 0.2) is 18.2 Å². The maximum absolute atomic E-state index is 9.02. The monoisotopic (exact) mass is 225 g/mol. The van der Waals surface area contributed by atoms with E-state index in [1.165, 1.54) is 0 Å². The largest absolute Gasteiger partial charge is 0.494 e. The van der Waals surface area contributed by atoms with Gasteiger partial charge in [-0.3, -0.25) is 0 Å². The SMILES string of the molecule is CCOc1cc(OCC)cc(C(N)CO)c1. The smallest absolute Gasteiger partial charge is 0.123 e. The maximum atomic E-state index is 9.02. The molecule has 0 amide bonds. The second-order valence-electron chi connectivity index (χ2n) is 3.39. The highest BCUT2D eigenvalue weighted by atomic mass is 16.5. The van der Waals surface area contributed by atoms with E-state index in [1.54, 1.807) is 0 Å². The molecule has 0 saturated carbocycles. The van der Waals surface area contributed by atoms with Crippen LogP contribution >= 0.6 is 0 Å². The van der Waals surface area contributed by atoms with Crippen molar-refractivity contribution in [2.45, 2.75) is 19.9 Å². The van der Waals surface area contributed by atoms with E-state index in [1.807, 2.05) is 32.0 Å². The van der Waals surface area contributed by atoms with Gasteiger partial charge in [-0.2, -0.15) is 0 Å². The Hall–Kier alpha value is -1.26. The second-order valence-corrected chi connectivity index (χ2v) is 3.39. The van der Waals surface area contributed by atoms with E-state index in [2.05, 4.69) is 0 Å². The van der Waals surface area contributed by atoms with Gasteiger partial charge in [0.05, 0.1) is 25.9 Å². The Morgan fingerprint density at radius 3 is 2.00 bits per heavy atom. The molecule has 3 N–H and O–H groups in total. The Bertz CT molecular complexity index is 304. The highest BCUT2D eigenvalue weighted by Crippen LogP contribution is 2.25. The lowest BCUT2D eigenvalue weighted by Crippen LogP contribution is -2.14. The van der Waals surface area contributed by atoms with E-state index in [9.17, 15) is 0 Å². The quantitative estimate of drug-likeness (QED) is 0.769. The molecular weight excluding hydrogens is 206 g/mol. The Kier molecular flexibility index (Phi) is 5.08. The van der Waals surface area contributed by atoms with E-state index in [-0.39, 0.29) is 6.61 Å². The summed E-state index contributed by atoms with van der Waals surface area (Å²) in [5, 5.41) is 9.02. The zero-order valence-electron chi connectivity index (χ0n) is 9.77. The molecule has 4 heteroatoms. The van der Waals surface area contributed by atoms with Crippen LogP contribution < -0.4 is 15.2 Å². The summed E-state index contributed by atoms with van der Waals surface area (Å²) in [6.07, 6.45) is 0. The third-order valence-corrected chi connectivity index (χ3v) is 2.15. The van der Waals surface area contributed by atoms with Crippen molar-refractivity contribution >= 4 is 0 Å². The van der Waals surface area contributed by atoms with Crippen molar-refractivity contribution in [3.8, 4) is 11.5 Å². The van der Waals surface area contributed by atoms with Gasteiger partial charge in [-0.25, -0.2) is 0 Å². The van der Waals surface area contributed by atoms with E-state index in [0.717, 1.165) is 5.56 Å². The van der Waals surface area contributed by atoms with Crippen LogP contribution in [0.1, 0.15) is 25.5 Å². The second kappa shape index (κ2) is 6.35. The Morgan fingerprint density at radius 2 is 1.62 bits per heavy atom. The lowest BCUT2D eigenvalue weighted by atomic mass is 10.1. The van der Waals surface area contributed by atoms with Crippen molar-refractivity contribution in [3.63, 3.8) is 0 Å². The fourth-order valence-electron chi connectivity index (χ4n) is 1.41. The fraction of sp³-hybridized carbons (Fsp3) is 0.500. The van der Waals surface area contributed by atoms with Gasteiger partial charge in [0.15, 0.2) is 0 Å². The van der Waals surface area contributed by atoms with Gasteiger partial charge in [0.2, 0.25) is 0 Å². The summed E-state index contributed by atoms with van der Waals surface area (Å²) in [5.74, 6) is 1.43. The molecule has 4 nitrogen and oxygen atoms in total. The molecule has 0 bridgehead atoms. The molecule has 0 saturated heterocycles. The standard InChI is InChI=1S/C12H19NO3/c1-3-15-10-5-9(12(13)8-14)6-11(7-10)16-4-2/h5-7,12,14H,3-4,8,13H2,1-2H3. The van der Waals surface area contributed by atoms with E-state index in [4.69, 9.17) is 20.3 Å². The van der Waals surface area contributed by atoms with Crippen LogP contribution in [0, 0.1) is 0 Å². The van der Waals surface area contributed by atoms with Gasteiger partial charge in [0.25, 0.3) is 0 Å². The maximum Gasteiger partial charge on any atom is 0.123 e. The average Bonchev–Trinajstić information content (AvgIpc) is 2.28. The molecule has 0 aliphatic heterocycles. The van der Waals surface area contributed by atoms with Gasteiger partial charge < -0.3 is 20.3 Å². The molecule has 0 spiro atoms. The number of rotatable bonds is 6. The lowest BCUT2D eigenvalue weighted by Gasteiger charge is -2.13. The first-order valence-electron chi connectivity index (χ1n) is 5.48. The molecule has 0 fully saturated rings. The number of aliphatic hydroxyl groups excluding tert-OH is 1. The van der Waals surface area contributed by atoms with Gasteiger partial charge in [-0.15, -0.1) is 0 Å². The van der Waals surface area contributed by atoms with Crippen LogP contribution in [0.25, 0.3) is 0 Å². The van der Waals surface area contributed by atoms with Gasteiger partial charge in [0, 0.05) is 6.07 Å². The Morgan fingerprint density at radius 1 is 1.12 bits per heavy atom. The first-order chi connectivity index (χ1) is 7.71. The van der Waals surface area contributed by atoms with Crippen molar-refractivity contribution in [2.24, 2.45) is 5.73 Å². The normalized spacial score (nSPS) is 12.2. The zero-order valence-corrected chi connectivity index (χ0v) is 9.77. The summed E-state index contributed by atoms with van der Waals surface area (Å²) in [4.78, 5) is 0. The van der Waals surface area contributed by atoms with E-state index in [0.29, 0.717) is 24.7 Å². The number of aliphatic hydroxyl groups is 1. The van der Waals surface area contributed by atoms with Crippen LogP contribution in [0.4, 0.5) is 0 Å². The lowest BCUT2D eigenvalue weighted by molar-refractivity contribution is 0.266. The Labute approximate surface area is 96.0 Å². The summed E-state index contributed by atoms with van der Waals surface area (Å²) < 4.78 is 10.8. The minimum atomic E-state index is -0.403. The molecule has 16 heavy (non-hydrogen) atoms. The summed E-state index contributed by atoms with van der Waals surface area (Å²) in [6, 6.07) is 5.07. The molecule has 0 radical (unpaired) electrons. The van der Waals surface area contributed by atoms with Crippen LogP contribution in [0.3, 0.4) is 0 Å². The van der Waals surface area contributed by atoms with Crippen LogP contribution in [-0.4, -0.2) is 24.9 Å². The topological polar surface area (TPSA) is 64.7 Å². The molecule has 0 aliphatic carbocycles. The number of hydrogen-bond donors (Lipinski definition) is 2. The molecule has 0 heterocycles. The van der Waals surface area contributed by atoms with Crippen LogP contribution in [-0.2, 0) is 0 Å². The van der Waals surface area contributed by atoms with Crippen molar-refractivity contribution in [2.75, 3.05) is 19.8 Å². The van der Waals surface area contributed by atoms with Gasteiger partial charge >= 0.3 is 0 Å². The van der Waals surface area contributed by atoms with Crippen molar-refractivity contribution in [1.29, 1.82) is 0 Å². The summed E-state index contributed by atoms with van der Waals surface area (Å²) in [5.41, 5.74) is 6.58. The number of benzene rings is 1. The molecule has 1 unspecified atom stereocenters. The minimum absolute atomic E-state index is 0.0961. The van der Waals surface area contributed by atoms with Gasteiger partial charge in [0.1, 0.15) is 11.5 Å². The first-order valence-corrected chi connectivity index (χ1v) is 5.48. The van der Waals surface area contributed by atoms with E-state index < -0.39 is 6.04 Å².